The predicted octanol–water partition coefficient (Wildman–Crippen LogP) is 2.58. The number of hydrogen-bond donors (Lipinski definition) is 1. The normalized spacial score (nSPS) is 14.4. The molecule has 2 heterocycles. The minimum atomic E-state index is -0.242. The monoisotopic (exact) mass is 330 g/mol. The molecular formula is C17H19FN4O2. The van der Waals surface area contributed by atoms with Crippen LogP contribution in [0, 0.1) is 5.82 Å². The Morgan fingerprint density at radius 1 is 1.17 bits per heavy atom. The van der Waals surface area contributed by atoms with Gasteiger partial charge in [0.1, 0.15) is 5.82 Å². The second kappa shape index (κ2) is 7.16. The number of anilines is 2. The molecule has 1 aliphatic rings. The Hall–Kier alpha value is -2.83. The molecule has 2 amide bonds. The van der Waals surface area contributed by atoms with Crippen LogP contribution in [0.25, 0.3) is 0 Å². The Balaban J connectivity index is 1.60. The summed E-state index contributed by atoms with van der Waals surface area (Å²) >= 11 is 0. The zero-order chi connectivity index (χ0) is 16.9. The molecule has 7 heteroatoms. The quantitative estimate of drug-likeness (QED) is 0.940. The number of carbonyl (C=O) groups excluding carboxylic acids is 1. The number of aromatic nitrogens is 1. The molecule has 1 aromatic carbocycles. The van der Waals surface area contributed by atoms with Crippen molar-refractivity contribution in [3.8, 4) is 5.75 Å². The van der Waals surface area contributed by atoms with Crippen molar-refractivity contribution in [1.82, 2.24) is 9.88 Å². The highest BCUT2D eigenvalue weighted by molar-refractivity contribution is 5.89. The molecule has 0 bridgehead atoms. The third-order valence-electron chi connectivity index (χ3n) is 3.98. The summed E-state index contributed by atoms with van der Waals surface area (Å²) in [5, 5.41) is 2.76. The number of halogens is 1. The zero-order valence-electron chi connectivity index (χ0n) is 13.4. The molecule has 0 radical (unpaired) electrons. The molecule has 6 nitrogen and oxygen atoms in total. The van der Waals surface area contributed by atoms with Gasteiger partial charge in [0.15, 0.2) is 11.6 Å². The smallest absolute Gasteiger partial charge is 0.323 e. The number of benzene rings is 1. The van der Waals surface area contributed by atoms with Crippen molar-refractivity contribution in [2.75, 3.05) is 43.5 Å². The number of piperazine rings is 1. The van der Waals surface area contributed by atoms with Gasteiger partial charge >= 0.3 is 6.03 Å². The summed E-state index contributed by atoms with van der Waals surface area (Å²) in [4.78, 5) is 20.1. The van der Waals surface area contributed by atoms with E-state index in [9.17, 15) is 9.18 Å². The van der Waals surface area contributed by atoms with Gasteiger partial charge in [0, 0.05) is 32.4 Å². The number of methoxy groups -OCH3 is 1. The average Bonchev–Trinajstić information content (AvgIpc) is 2.63. The van der Waals surface area contributed by atoms with Gasteiger partial charge < -0.3 is 14.5 Å². The second-order valence-electron chi connectivity index (χ2n) is 5.41. The molecule has 0 spiro atoms. The van der Waals surface area contributed by atoms with Gasteiger partial charge in [-0.15, -0.1) is 0 Å². The molecule has 1 aromatic heterocycles. The number of hydrogen-bond acceptors (Lipinski definition) is 4. The summed E-state index contributed by atoms with van der Waals surface area (Å²) in [6, 6.07) is 9.92. The highest BCUT2D eigenvalue weighted by Gasteiger charge is 2.23. The standard InChI is InChI=1S/C17H19FN4O2/c1-24-15-7-4-8-19-16(15)20-17(23)22-11-9-21(10-12-22)14-6-3-2-5-13(14)18/h2-8H,9-12H2,1H3,(H,19,20,23). The van der Waals surface area contributed by atoms with E-state index in [-0.39, 0.29) is 11.8 Å². The van der Waals surface area contributed by atoms with Crippen LogP contribution in [0.15, 0.2) is 42.6 Å². The fourth-order valence-corrected chi connectivity index (χ4v) is 2.69. The molecule has 24 heavy (non-hydrogen) atoms. The van der Waals surface area contributed by atoms with Crippen LogP contribution in [-0.2, 0) is 0 Å². The largest absolute Gasteiger partial charge is 0.493 e. The maximum absolute atomic E-state index is 13.8. The summed E-state index contributed by atoms with van der Waals surface area (Å²) in [7, 11) is 1.53. The van der Waals surface area contributed by atoms with Crippen LogP contribution in [0.2, 0.25) is 0 Å². The van der Waals surface area contributed by atoms with Gasteiger partial charge in [-0.05, 0) is 24.3 Å². The van der Waals surface area contributed by atoms with Crippen molar-refractivity contribution in [3.63, 3.8) is 0 Å². The summed E-state index contributed by atoms with van der Waals surface area (Å²) in [6.45, 7) is 2.17. The van der Waals surface area contributed by atoms with Gasteiger partial charge in [-0.3, -0.25) is 5.32 Å². The number of para-hydroxylation sites is 1. The predicted molar refractivity (Wildman–Crippen MR) is 90.0 cm³/mol. The number of nitrogens with one attached hydrogen (secondary N) is 1. The van der Waals surface area contributed by atoms with E-state index in [1.54, 1.807) is 35.4 Å². The Morgan fingerprint density at radius 3 is 2.62 bits per heavy atom. The molecular weight excluding hydrogens is 311 g/mol. The van der Waals surface area contributed by atoms with E-state index in [0.717, 1.165) is 0 Å². The maximum Gasteiger partial charge on any atom is 0.323 e. The molecule has 0 atom stereocenters. The number of rotatable bonds is 3. The molecule has 1 saturated heterocycles. The minimum absolute atomic E-state index is 0.236. The lowest BCUT2D eigenvalue weighted by Crippen LogP contribution is -2.50. The Kier molecular flexibility index (Phi) is 4.79. The van der Waals surface area contributed by atoms with Crippen LogP contribution in [0.5, 0.6) is 5.75 Å². The average molecular weight is 330 g/mol. The van der Waals surface area contributed by atoms with Gasteiger partial charge in [-0.2, -0.15) is 0 Å². The molecule has 1 N–H and O–H groups in total. The highest BCUT2D eigenvalue weighted by atomic mass is 19.1. The third kappa shape index (κ3) is 3.40. The van der Waals surface area contributed by atoms with Crippen LogP contribution in [0.3, 0.4) is 0 Å². The first-order valence-corrected chi connectivity index (χ1v) is 7.73. The van der Waals surface area contributed by atoms with Gasteiger partial charge in [0.25, 0.3) is 0 Å². The number of nitrogens with zero attached hydrogens (tertiary/aromatic N) is 3. The lowest BCUT2D eigenvalue weighted by atomic mass is 10.2. The molecule has 3 rings (SSSR count). The molecule has 0 unspecified atom stereocenters. The van der Waals surface area contributed by atoms with E-state index in [1.165, 1.54) is 13.2 Å². The van der Waals surface area contributed by atoms with Crippen molar-refractivity contribution < 1.29 is 13.9 Å². The van der Waals surface area contributed by atoms with E-state index >= 15 is 0 Å². The van der Waals surface area contributed by atoms with Crippen molar-refractivity contribution in [1.29, 1.82) is 0 Å². The summed E-state index contributed by atoms with van der Waals surface area (Å²) in [5.74, 6) is 0.658. The molecule has 1 aliphatic heterocycles. The van der Waals surface area contributed by atoms with Crippen molar-refractivity contribution >= 4 is 17.5 Å². The fourth-order valence-electron chi connectivity index (χ4n) is 2.69. The molecule has 0 aliphatic carbocycles. The first-order valence-electron chi connectivity index (χ1n) is 7.73. The van der Waals surface area contributed by atoms with Crippen molar-refractivity contribution in [2.24, 2.45) is 0 Å². The summed E-state index contributed by atoms with van der Waals surface area (Å²) < 4.78 is 19.0. The third-order valence-corrected chi connectivity index (χ3v) is 3.98. The van der Waals surface area contributed by atoms with Crippen LogP contribution < -0.4 is 15.0 Å². The molecule has 126 valence electrons. The zero-order valence-corrected chi connectivity index (χ0v) is 13.4. The van der Waals surface area contributed by atoms with Gasteiger partial charge in [-0.1, -0.05) is 12.1 Å². The van der Waals surface area contributed by atoms with E-state index in [0.29, 0.717) is 43.4 Å². The van der Waals surface area contributed by atoms with Crippen LogP contribution >= 0.6 is 0 Å². The van der Waals surface area contributed by atoms with E-state index in [1.807, 2.05) is 11.0 Å². The van der Waals surface area contributed by atoms with E-state index in [2.05, 4.69) is 10.3 Å². The summed E-state index contributed by atoms with van der Waals surface area (Å²) in [6.07, 6.45) is 1.59. The second-order valence-corrected chi connectivity index (χ2v) is 5.41. The van der Waals surface area contributed by atoms with Crippen molar-refractivity contribution in [2.45, 2.75) is 0 Å². The lowest BCUT2D eigenvalue weighted by molar-refractivity contribution is 0.208. The van der Waals surface area contributed by atoms with Gasteiger partial charge in [-0.25, -0.2) is 14.2 Å². The fraction of sp³-hybridized carbons (Fsp3) is 0.294. The Bertz CT molecular complexity index is 717. The number of ether oxygens (including phenoxy) is 1. The number of carbonyl (C=O) groups is 1. The first kappa shape index (κ1) is 16.0. The van der Waals surface area contributed by atoms with Crippen LogP contribution in [-0.4, -0.2) is 49.2 Å². The van der Waals surface area contributed by atoms with E-state index in [4.69, 9.17) is 4.74 Å². The maximum atomic E-state index is 13.8. The highest BCUT2D eigenvalue weighted by Crippen LogP contribution is 2.22. The minimum Gasteiger partial charge on any atom is -0.493 e. The molecule has 2 aromatic rings. The molecule has 1 fully saturated rings. The van der Waals surface area contributed by atoms with Gasteiger partial charge in [0.2, 0.25) is 0 Å². The SMILES string of the molecule is COc1cccnc1NC(=O)N1CCN(c2ccccc2F)CC1. The van der Waals surface area contributed by atoms with Crippen LogP contribution in [0.1, 0.15) is 0 Å². The Labute approximate surface area is 139 Å². The number of pyridine rings is 1. The molecule has 0 saturated carbocycles. The summed E-state index contributed by atoms with van der Waals surface area (Å²) in [5.41, 5.74) is 0.573. The lowest BCUT2D eigenvalue weighted by Gasteiger charge is -2.36. The topological polar surface area (TPSA) is 57.7 Å². The van der Waals surface area contributed by atoms with Gasteiger partial charge in [0.05, 0.1) is 12.8 Å². The van der Waals surface area contributed by atoms with Crippen molar-refractivity contribution in [3.05, 3.63) is 48.4 Å². The number of amides is 2. The first-order chi connectivity index (χ1) is 11.7. The van der Waals surface area contributed by atoms with E-state index < -0.39 is 0 Å². The number of urea groups is 1. The Morgan fingerprint density at radius 2 is 1.92 bits per heavy atom. The van der Waals surface area contributed by atoms with Crippen LogP contribution in [0.4, 0.5) is 20.7 Å².